The number of rotatable bonds is 8. The maximum absolute atomic E-state index is 5.73. The second-order valence-electron chi connectivity index (χ2n) is 5.02. The average molecular weight is 304 g/mol. The molecule has 114 valence electrons. The SMILES string of the molecule is CCNC(Cc1nc(-c2ccccc2)cs1)C(C)OCC. The van der Waals surface area contributed by atoms with Crippen LogP contribution >= 0.6 is 11.3 Å². The highest BCUT2D eigenvalue weighted by molar-refractivity contribution is 7.09. The van der Waals surface area contributed by atoms with E-state index in [2.05, 4.69) is 36.7 Å². The molecule has 2 rings (SSSR count). The fourth-order valence-electron chi connectivity index (χ4n) is 2.38. The Balaban J connectivity index is 2.06. The Hall–Kier alpha value is -1.23. The lowest BCUT2D eigenvalue weighted by Gasteiger charge is -2.23. The minimum Gasteiger partial charge on any atom is -0.377 e. The number of nitrogens with one attached hydrogen (secondary N) is 1. The van der Waals surface area contributed by atoms with Gasteiger partial charge in [-0.05, 0) is 20.4 Å². The van der Waals surface area contributed by atoms with Gasteiger partial charge in [0.25, 0.3) is 0 Å². The van der Waals surface area contributed by atoms with Crippen molar-refractivity contribution in [1.82, 2.24) is 10.3 Å². The van der Waals surface area contributed by atoms with Crippen molar-refractivity contribution in [2.45, 2.75) is 39.3 Å². The summed E-state index contributed by atoms with van der Waals surface area (Å²) in [5.41, 5.74) is 2.24. The van der Waals surface area contributed by atoms with Crippen molar-refractivity contribution in [3.63, 3.8) is 0 Å². The number of nitrogens with zero attached hydrogens (tertiary/aromatic N) is 1. The van der Waals surface area contributed by atoms with E-state index in [4.69, 9.17) is 9.72 Å². The molecular weight excluding hydrogens is 280 g/mol. The Labute approximate surface area is 131 Å². The molecule has 0 aliphatic rings. The van der Waals surface area contributed by atoms with E-state index < -0.39 is 0 Å². The van der Waals surface area contributed by atoms with E-state index in [1.165, 1.54) is 5.56 Å². The second kappa shape index (κ2) is 8.27. The first-order valence-corrected chi connectivity index (χ1v) is 8.47. The molecule has 0 radical (unpaired) electrons. The van der Waals surface area contributed by atoms with Gasteiger partial charge in [-0.1, -0.05) is 37.3 Å². The molecule has 4 heteroatoms. The fraction of sp³-hybridized carbons (Fsp3) is 0.471. The summed E-state index contributed by atoms with van der Waals surface area (Å²) in [7, 11) is 0. The predicted molar refractivity (Wildman–Crippen MR) is 89.8 cm³/mol. The van der Waals surface area contributed by atoms with Crippen LogP contribution in [0.2, 0.25) is 0 Å². The van der Waals surface area contributed by atoms with E-state index >= 15 is 0 Å². The molecule has 1 aromatic carbocycles. The Morgan fingerprint density at radius 3 is 2.67 bits per heavy atom. The molecule has 0 bridgehead atoms. The van der Waals surface area contributed by atoms with Crippen LogP contribution < -0.4 is 5.32 Å². The molecule has 0 amide bonds. The van der Waals surface area contributed by atoms with Gasteiger partial charge in [0.15, 0.2) is 0 Å². The third-order valence-electron chi connectivity index (χ3n) is 3.48. The Morgan fingerprint density at radius 1 is 1.24 bits per heavy atom. The molecule has 2 aromatic rings. The van der Waals surface area contributed by atoms with Crippen LogP contribution in [0.1, 0.15) is 25.8 Å². The van der Waals surface area contributed by atoms with Crippen LogP contribution in [-0.4, -0.2) is 30.3 Å². The molecule has 0 aliphatic heterocycles. The van der Waals surface area contributed by atoms with Crippen LogP contribution in [0.3, 0.4) is 0 Å². The fourth-order valence-corrected chi connectivity index (χ4v) is 3.24. The monoisotopic (exact) mass is 304 g/mol. The van der Waals surface area contributed by atoms with Crippen molar-refractivity contribution in [2.75, 3.05) is 13.2 Å². The van der Waals surface area contributed by atoms with Gasteiger partial charge in [-0.3, -0.25) is 0 Å². The topological polar surface area (TPSA) is 34.2 Å². The molecule has 0 saturated carbocycles. The number of thiazole rings is 1. The van der Waals surface area contributed by atoms with Gasteiger partial charge >= 0.3 is 0 Å². The van der Waals surface area contributed by atoms with Crippen LogP contribution in [0, 0.1) is 0 Å². The molecule has 0 fully saturated rings. The minimum absolute atomic E-state index is 0.194. The molecule has 0 saturated heterocycles. The lowest BCUT2D eigenvalue weighted by Crippen LogP contribution is -2.41. The van der Waals surface area contributed by atoms with Crippen molar-refractivity contribution in [1.29, 1.82) is 0 Å². The summed E-state index contributed by atoms with van der Waals surface area (Å²) in [6.07, 6.45) is 1.10. The molecule has 0 spiro atoms. The third-order valence-corrected chi connectivity index (χ3v) is 4.35. The van der Waals surface area contributed by atoms with Crippen LogP contribution in [0.15, 0.2) is 35.7 Å². The normalized spacial score (nSPS) is 14.0. The van der Waals surface area contributed by atoms with Crippen LogP contribution in [-0.2, 0) is 11.2 Å². The average Bonchev–Trinajstić information content (AvgIpc) is 2.96. The van der Waals surface area contributed by atoms with Gasteiger partial charge in [0.1, 0.15) is 0 Å². The molecular formula is C17H24N2OS. The van der Waals surface area contributed by atoms with Crippen molar-refractivity contribution in [3.8, 4) is 11.3 Å². The summed E-state index contributed by atoms with van der Waals surface area (Å²) in [4.78, 5) is 4.77. The maximum Gasteiger partial charge on any atom is 0.0949 e. The summed E-state index contributed by atoms with van der Waals surface area (Å²) >= 11 is 1.73. The van der Waals surface area contributed by atoms with E-state index in [-0.39, 0.29) is 6.10 Å². The van der Waals surface area contributed by atoms with Gasteiger partial charge in [-0.2, -0.15) is 0 Å². The lowest BCUT2D eigenvalue weighted by molar-refractivity contribution is 0.0480. The summed E-state index contributed by atoms with van der Waals surface area (Å²) in [5.74, 6) is 0. The number of hydrogen-bond donors (Lipinski definition) is 1. The molecule has 1 aromatic heterocycles. The predicted octanol–water partition coefficient (Wildman–Crippen LogP) is 3.76. The van der Waals surface area contributed by atoms with Gasteiger partial charge in [0.05, 0.1) is 16.8 Å². The van der Waals surface area contributed by atoms with Crippen LogP contribution in [0.5, 0.6) is 0 Å². The molecule has 21 heavy (non-hydrogen) atoms. The van der Waals surface area contributed by atoms with Crippen LogP contribution in [0.25, 0.3) is 11.3 Å². The zero-order chi connectivity index (χ0) is 15.1. The number of hydrogen-bond acceptors (Lipinski definition) is 4. The first-order valence-electron chi connectivity index (χ1n) is 7.59. The highest BCUT2D eigenvalue weighted by Crippen LogP contribution is 2.22. The third kappa shape index (κ3) is 4.63. The zero-order valence-electron chi connectivity index (χ0n) is 13.0. The number of aromatic nitrogens is 1. The molecule has 0 aliphatic carbocycles. The quantitative estimate of drug-likeness (QED) is 0.806. The van der Waals surface area contributed by atoms with E-state index in [1.807, 2.05) is 25.1 Å². The first-order chi connectivity index (χ1) is 10.2. The van der Waals surface area contributed by atoms with Gasteiger partial charge < -0.3 is 10.1 Å². The zero-order valence-corrected chi connectivity index (χ0v) is 13.8. The van der Waals surface area contributed by atoms with E-state index in [9.17, 15) is 0 Å². The van der Waals surface area contributed by atoms with Crippen molar-refractivity contribution in [2.24, 2.45) is 0 Å². The first kappa shape index (κ1) is 16.1. The van der Waals surface area contributed by atoms with Crippen molar-refractivity contribution >= 4 is 11.3 Å². The number of likely N-dealkylation sites (N-methyl/N-ethyl adjacent to an activating group) is 1. The smallest absolute Gasteiger partial charge is 0.0949 e. The second-order valence-corrected chi connectivity index (χ2v) is 5.96. The van der Waals surface area contributed by atoms with Gasteiger partial charge in [-0.15, -0.1) is 11.3 Å². The molecule has 3 nitrogen and oxygen atoms in total. The molecule has 1 heterocycles. The summed E-state index contributed by atoms with van der Waals surface area (Å²) in [6, 6.07) is 10.6. The molecule has 1 N–H and O–H groups in total. The van der Waals surface area contributed by atoms with Gasteiger partial charge in [0.2, 0.25) is 0 Å². The van der Waals surface area contributed by atoms with E-state index in [0.29, 0.717) is 6.04 Å². The highest BCUT2D eigenvalue weighted by Gasteiger charge is 2.18. The maximum atomic E-state index is 5.73. The summed E-state index contributed by atoms with van der Waals surface area (Å²) in [5, 5.41) is 6.80. The Bertz CT molecular complexity index is 527. The highest BCUT2D eigenvalue weighted by atomic mass is 32.1. The standard InChI is InChI=1S/C17H24N2OS/c1-4-18-15(13(3)20-5-2)11-17-19-16(12-21-17)14-9-7-6-8-10-14/h6-10,12-13,15,18H,4-5,11H2,1-3H3. The van der Waals surface area contributed by atoms with Crippen molar-refractivity contribution < 1.29 is 4.74 Å². The van der Waals surface area contributed by atoms with Crippen molar-refractivity contribution in [3.05, 3.63) is 40.7 Å². The van der Waals surface area contributed by atoms with E-state index in [1.54, 1.807) is 11.3 Å². The number of benzene rings is 1. The lowest BCUT2D eigenvalue weighted by atomic mass is 10.1. The van der Waals surface area contributed by atoms with Gasteiger partial charge in [-0.25, -0.2) is 4.98 Å². The van der Waals surface area contributed by atoms with Gasteiger partial charge in [0, 0.05) is 30.0 Å². The summed E-state index contributed by atoms with van der Waals surface area (Å²) in [6.45, 7) is 7.98. The largest absolute Gasteiger partial charge is 0.377 e. The molecule has 2 atom stereocenters. The van der Waals surface area contributed by atoms with Crippen LogP contribution in [0.4, 0.5) is 0 Å². The van der Waals surface area contributed by atoms with E-state index in [0.717, 1.165) is 30.3 Å². The Kier molecular flexibility index (Phi) is 6.36. The minimum atomic E-state index is 0.194. The Morgan fingerprint density at radius 2 is 2.00 bits per heavy atom. The number of ether oxygens (including phenoxy) is 1. The molecule has 2 unspecified atom stereocenters. The summed E-state index contributed by atoms with van der Waals surface area (Å²) < 4.78 is 5.73.